The van der Waals surface area contributed by atoms with Crippen LogP contribution in [0.2, 0.25) is 0 Å². The van der Waals surface area contributed by atoms with Crippen LogP contribution in [-0.4, -0.2) is 29.1 Å². The Bertz CT molecular complexity index is 349. The summed E-state index contributed by atoms with van der Waals surface area (Å²) in [5, 5.41) is 9.35. The van der Waals surface area contributed by atoms with Crippen molar-refractivity contribution in [2.75, 3.05) is 0 Å². The van der Waals surface area contributed by atoms with Gasteiger partial charge in [0.1, 0.15) is 11.7 Å². The smallest absolute Gasteiger partial charge is 0.429 e. The largest absolute Gasteiger partial charge is 0.540 e. The van der Waals surface area contributed by atoms with Crippen LogP contribution >= 0.6 is 0 Å². The molecular formula is C17H32O5. The van der Waals surface area contributed by atoms with E-state index >= 15 is 0 Å². The number of carbonyl (C=O) groups excluding carboxylic acids is 1. The first-order valence-corrected chi connectivity index (χ1v) is 8.24. The van der Waals surface area contributed by atoms with Gasteiger partial charge in [-0.25, -0.2) is 4.79 Å². The molecule has 1 N–H and O–H groups in total. The van der Waals surface area contributed by atoms with Crippen molar-refractivity contribution in [3.8, 4) is 0 Å². The predicted molar refractivity (Wildman–Crippen MR) is 84.2 cm³/mol. The molecule has 1 atom stereocenters. The second-order valence-electron chi connectivity index (χ2n) is 8.19. The first-order valence-electron chi connectivity index (χ1n) is 8.24. The van der Waals surface area contributed by atoms with Gasteiger partial charge < -0.3 is 9.84 Å². The van der Waals surface area contributed by atoms with E-state index in [9.17, 15) is 9.90 Å². The Hall–Kier alpha value is -0.810. The van der Waals surface area contributed by atoms with Gasteiger partial charge in [-0.2, -0.15) is 4.89 Å². The fraction of sp³-hybridized carbons (Fsp3) is 0.941. The second kappa shape index (κ2) is 7.64. The van der Waals surface area contributed by atoms with Gasteiger partial charge in [-0.05, 0) is 57.8 Å². The van der Waals surface area contributed by atoms with Crippen molar-refractivity contribution in [2.45, 2.75) is 91.5 Å². The van der Waals surface area contributed by atoms with Gasteiger partial charge in [0, 0.05) is 6.42 Å². The molecule has 1 aliphatic carbocycles. The van der Waals surface area contributed by atoms with Gasteiger partial charge in [0.2, 0.25) is 0 Å². The Morgan fingerprint density at radius 3 is 2.14 bits per heavy atom. The van der Waals surface area contributed by atoms with Gasteiger partial charge >= 0.3 is 6.16 Å². The lowest BCUT2D eigenvalue weighted by Gasteiger charge is -2.36. The van der Waals surface area contributed by atoms with Crippen molar-refractivity contribution in [1.29, 1.82) is 0 Å². The first kappa shape index (κ1) is 19.2. The molecule has 1 rings (SSSR count). The van der Waals surface area contributed by atoms with Gasteiger partial charge in [-0.15, -0.1) is 0 Å². The summed E-state index contributed by atoms with van der Waals surface area (Å²) < 4.78 is 5.30. The molecule has 0 heterocycles. The second-order valence-corrected chi connectivity index (χ2v) is 8.19. The molecule has 0 saturated heterocycles. The quantitative estimate of drug-likeness (QED) is 0.467. The highest BCUT2D eigenvalue weighted by atomic mass is 17.2. The lowest BCUT2D eigenvalue weighted by molar-refractivity contribution is -0.323. The summed E-state index contributed by atoms with van der Waals surface area (Å²) >= 11 is 0. The Balaban J connectivity index is 2.29. The lowest BCUT2D eigenvalue weighted by atomic mass is 9.72. The molecule has 0 spiro atoms. The maximum absolute atomic E-state index is 11.7. The minimum atomic E-state index is -0.794. The van der Waals surface area contributed by atoms with Gasteiger partial charge in [0.15, 0.2) is 0 Å². The highest BCUT2D eigenvalue weighted by Gasteiger charge is 2.32. The normalized spacial score (nSPS) is 24.7. The molecule has 0 aromatic heterocycles. The minimum Gasteiger partial charge on any atom is -0.429 e. The van der Waals surface area contributed by atoms with Crippen molar-refractivity contribution in [3.63, 3.8) is 0 Å². The van der Waals surface area contributed by atoms with Crippen LogP contribution in [0.15, 0.2) is 0 Å². The summed E-state index contributed by atoms with van der Waals surface area (Å²) in [4.78, 5) is 21.5. The lowest BCUT2D eigenvalue weighted by Crippen LogP contribution is -2.33. The van der Waals surface area contributed by atoms with E-state index in [2.05, 4.69) is 20.8 Å². The van der Waals surface area contributed by atoms with Crippen LogP contribution in [0.1, 0.15) is 73.6 Å². The van der Waals surface area contributed by atoms with Gasteiger partial charge in [0.25, 0.3) is 0 Å². The fourth-order valence-electron chi connectivity index (χ4n) is 3.09. The first-order chi connectivity index (χ1) is 9.99. The van der Waals surface area contributed by atoms with E-state index in [1.165, 1.54) is 0 Å². The van der Waals surface area contributed by atoms with Crippen LogP contribution in [0.25, 0.3) is 0 Å². The monoisotopic (exact) mass is 316 g/mol. The van der Waals surface area contributed by atoms with E-state index < -0.39 is 17.9 Å². The predicted octanol–water partition coefficient (Wildman–Crippen LogP) is 4.23. The van der Waals surface area contributed by atoms with Crippen molar-refractivity contribution in [1.82, 2.24) is 0 Å². The number of aliphatic hydroxyl groups excluding tert-OH is 1. The fourth-order valence-corrected chi connectivity index (χ4v) is 3.09. The Labute approximate surface area is 134 Å². The molecule has 0 aromatic carbocycles. The number of hydrogen-bond acceptors (Lipinski definition) is 5. The highest BCUT2D eigenvalue weighted by Crippen LogP contribution is 2.38. The zero-order valence-corrected chi connectivity index (χ0v) is 14.8. The number of aliphatic hydroxyl groups is 1. The van der Waals surface area contributed by atoms with Crippen LogP contribution in [0.3, 0.4) is 0 Å². The molecule has 1 aliphatic rings. The molecule has 22 heavy (non-hydrogen) atoms. The summed E-state index contributed by atoms with van der Waals surface area (Å²) in [5.74, 6) is 0.671. The summed E-state index contributed by atoms with van der Waals surface area (Å²) in [7, 11) is 0. The summed E-state index contributed by atoms with van der Waals surface area (Å²) in [5.41, 5.74) is -0.434. The third-order valence-corrected chi connectivity index (χ3v) is 4.28. The zero-order chi connectivity index (χ0) is 17.0. The Morgan fingerprint density at radius 2 is 1.68 bits per heavy atom. The zero-order valence-electron chi connectivity index (χ0n) is 14.8. The van der Waals surface area contributed by atoms with Crippen molar-refractivity contribution in [2.24, 2.45) is 11.3 Å². The van der Waals surface area contributed by atoms with Crippen LogP contribution in [0.5, 0.6) is 0 Å². The standard InChI is InChI=1S/C17H32O5/c1-12(18)11-17(5,6)22-21-15(19)20-14-9-7-13(8-10-14)16(2,3)4/h12-14,18H,7-11H2,1-6H3. The molecule has 1 unspecified atom stereocenters. The van der Waals surface area contributed by atoms with Crippen molar-refractivity contribution >= 4 is 6.16 Å². The van der Waals surface area contributed by atoms with E-state index in [1.807, 2.05) is 0 Å². The molecule has 5 nitrogen and oxygen atoms in total. The number of ether oxygens (including phenoxy) is 1. The molecule has 0 aliphatic heterocycles. The number of rotatable bonds is 5. The molecule has 1 saturated carbocycles. The molecular weight excluding hydrogens is 284 g/mol. The Kier molecular flexibility index (Phi) is 6.68. The minimum absolute atomic E-state index is 0.0884. The molecule has 0 bridgehead atoms. The van der Waals surface area contributed by atoms with Gasteiger partial charge in [-0.3, -0.25) is 4.89 Å². The maximum atomic E-state index is 11.7. The average molecular weight is 316 g/mol. The van der Waals surface area contributed by atoms with Crippen LogP contribution in [0, 0.1) is 11.3 Å². The highest BCUT2D eigenvalue weighted by molar-refractivity contribution is 5.59. The third kappa shape index (κ3) is 6.97. The van der Waals surface area contributed by atoms with E-state index in [0.717, 1.165) is 25.7 Å². The molecule has 0 aromatic rings. The number of hydrogen-bond donors (Lipinski definition) is 1. The molecule has 0 amide bonds. The van der Waals surface area contributed by atoms with E-state index in [-0.39, 0.29) is 6.10 Å². The average Bonchev–Trinajstić information content (AvgIpc) is 2.34. The van der Waals surface area contributed by atoms with Crippen LogP contribution < -0.4 is 0 Å². The maximum Gasteiger partial charge on any atom is 0.540 e. The van der Waals surface area contributed by atoms with Gasteiger partial charge in [-0.1, -0.05) is 20.8 Å². The third-order valence-electron chi connectivity index (χ3n) is 4.28. The van der Waals surface area contributed by atoms with Crippen molar-refractivity contribution < 1.29 is 24.4 Å². The topological polar surface area (TPSA) is 65.0 Å². The van der Waals surface area contributed by atoms with Crippen molar-refractivity contribution in [3.05, 3.63) is 0 Å². The SMILES string of the molecule is CC(O)CC(C)(C)OOC(=O)OC1CCC(C(C)(C)C)CC1. The molecule has 1 fully saturated rings. The van der Waals surface area contributed by atoms with E-state index in [0.29, 0.717) is 17.8 Å². The molecule has 5 heteroatoms. The molecule has 130 valence electrons. The molecule has 0 radical (unpaired) electrons. The van der Waals surface area contributed by atoms with Crippen LogP contribution in [-0.2, 0) is 14.5 Å². The van der Waals surface area contributed by atoms with Gasteiger partial charge in [0.05, 0.1) is 6.10 Å². The Morgan fingerprint density at radius 1 is 1.14 bits per heavy atom. The number of carbonyl (C=O) groups is 1. The van der Waals surface area contributed by atoms with E-state index in [4.69, 9.17) is 14.5 Å². The van der Waals surface area contributed by atoms with Crippen LogP contribution in [0.4, 0.5) is 4.79 Å². The summed E-state index contributed by atoms with van der Waals surface area (Å²) in [6.07, 6.45) is 2.83. The van der Waals surface area contributed by atoms with E-state index in [1.54, 1.807) is 20.8 Å². The summed E-state index contributed by atoms with van der Waals surface area (Å²) in [6.45, 7) is 11.9. The summed E-state index contributed by atoms with van der Waals surface area (Å²) in [6, 6.07) is 0.